The van der Waals surface area contributed by atoms with Crippen LogP contribution < -0.4 is 0 Å². The number of benzene rings is 1. The van der Waals surface area contributed by atoms with Gasteiger partial charge < -0.3 is 4.74 Å². The highest BCUT2D eigenvalue weighted by Crippen LogP contribution is 2.17. The van der Waals surface area contributed by atoms with Crippen molar-refractivity contribution in [1.29, 1.82) is 0 Å². The molecule has 1 atom stereocenters. The van der Waals surface area contributed by atoms with Crippen molar-refractivity contribution in [3.05, 3.63) is 42.0 Å². The fourth-order valence-electron chi connectivity index (χ4n) is 1.38. The fourth-order valence-corrected chi connectivity index (χ4v) is 1.38. The van der Waals surface area contributed by atoms with Gasteiger partial charge >= 0.3 is 0 Å². The number of epoxide rings is 1. The maximum Gasteiger partial charge on any atom is 0.0813 e. The molecule has 0 radical (unpaired) electrons. The average Bonchev–Trinajstić information content (AvgIpc) is 2.99. The van der Waals surface area contributed by atoms with Crippen molar-refractivity contribution in [1.82, 2.24) is 0 Å². The molecule has 0 bridgehead atoms. The zero-order chi connectivity index (χ0) is 9.10. The van der Waals surface area contributed by atoms with E-state index < -0.39 is 0 Å². The van der Waals surface area contributed by atoms with Crippen molar-refractivity contribution in [2.75, 3.05) is 6.61 Å². The summed E-state index contributed by atoms with van der Waals surface area (Å²) in [5, 5.41) is 0. The van der Waals surface area contributed by atoms with Gasteiger partial charge in [0.1, 0.15) is 0 Å². The Balaban J connectivity index is 1.91. The molecule has 1 unspecified atom stereocenters. The highest BCUT2D eigenvalue weighted by atomic mass is 16.6. The maximum atomic E-state index is 5.16. The molecule has 68 valence electrons. The van der Waals surface area contributed by atoms with E-state index in [1.54, 1.807) is 0 Å². The van der Waals surface area contributed by atoms with E-state index in [-0.39, 0.29) is 0 Å². The van der Waals surface area contributed by atoms with Crippen molar-refractivity contribution < 1.29 is 4.74 Å². The lowest BCUT2D eigenvalue weighted by Crippen LogP contribution is -1.90. The Morgan fingerprint density at radius 3 is 2.62 bits per heavy atom. The van der Waals surface area contributed by atoms with E-state index in [0.29, 0.717) is 6.10 Å². The summed E-state index contributed by atoms with van der Waals surface area (Å²) in [5.41, 5.74) is 2.58. The van der Waals surface area contributed by atoms with Crippen molar-refractivity contribution >= 4 is 6.08 Å². The van der Waals surface area contributed by atoms with Gasteiger partial charge in [-0.2, -0.15) is 0 Å². The van der Waals surface area contributed by atoms with Gasteiger partial charge in [0, 0.05) is 0 Å². The van der Waals surface area contributed by atoms with Crippen molar-refractivity contribution in [3.8, 4) is 0 Å². The highest BCUT2D eigenvalue weighted by Gasteiger charge is 2.21. The van der Waals surface area contributed by atoms with Crippen LogP contribution in [0.1, 0.15) is 17.5 Å². The Morgan fingerprint density at radius 2 is 2.08 bits per heavy atom. The van der Waals surface area contributed by atoms with E-state index >= 15 is 0 Å². The van der Waals surface area contributed by atoms with Gasteiger partial charge in [0.15, 0.2) is 0 Å². The Kier molecular flexibility index (Phi) is 2.46. The van der Waals surface area contributed by atoms with Gasteiger partial charge in [0.2, 0.25) is 0 Å². The monoisotopic (exact) mass is 174 g/mol. The number of hydrogen-bond donors (Lipinski definition) is 0. The summed E-state index contributed by atoms with van der Waals surface area (Å²) in [4.78, 5) is 0. The molecule has 1 heteroatoms. The molecule has 0 saturated carbocycles. The summed E-state index contributed by atoms with van der Waals surface area (Å²) in [6.07, 6.45) is 4.70. The fraction of sp³-hybridized carbons (Fsp3) is 0.333. The van der Waals surface area contributed by atoms with Crippen molar-refractivity contribution in [3.63, 3.8) is 0 Å². The van der Waals surface area contributed by atoms with E-state index in [9.17, 15) is 0 Å². The van der Waals surface area contributed by atoms with Crippen LogP contribution in [0.3, 0.4) is 0 Å². The lowest BCUT2D eigenvalue weighted by molar-refractivity contribution is 0.397. The molecule has 1 aliphatic heterocycles. The molecular weight excluding hydrogens is 160 g/mol. The molecule has 1 heterocycles. The minimum atomic E-state index is 0.541. The molecule has 1 aromatic carbocycles. The second kappa shape index (κ2) is 3.75. The summed E-state index contributed by atoms with van der Waals surface area (Å²) in [5.74, 6) is 0. The smallest absolute Gasteiger partial charge is 0.0813 e. The Labute approximate surface area is 79.0 Å². The molecule has 2 rings (SSSR count). The second-order valence-electron chi connectivity index (χ2n) is 3.44. The number of aryl methyl sites for hydroxylation is 1. The largest absolute Gasteiger partial charge is 0.373 e. The highest BCUT2D eigenvalue weighted by molar-refractivity contribution is 5.47. The third-order valence-electron chi connectivity index (χ3n) is 2.37. The molecule has 0 amide bonds. The number of ether oxygens (including phenoxy) is 1. The van der Waals surface area contributed by atoms with Gasteiger partial charge in [-0.25, -0.2) is 0 Å². The van der Waals surface area contributed by atoms with Crippen LogP contribution in [0.4, 0.5) is 0 Å². The van der Waals surface area contributed by atoms with Crippen molar-refractivity contribution in [2.45, 2.75) is 18.9 Å². The predicted molar refractivity (Wildman–Crippen MR) is 54.6 cm³/mol. The second-order valence-corrected chi connectivity index (χ2v) is 3.44. The van der Waals surface area contributed by atoms with E-state index in [4.69, 9.17) is 4.74 Å². The van der Waals surface area contributed by atoms with Gasteiger partial charge in [0.05, 0.1) is 12.7 Å². The summed E-state index contributed by atoms with van der Waals surface area (Å²) in [6, 6.07) is 8.55. The average molecular weight is 174 g/mol. The topological polar surface area (TPSA) is 12.5 Å². The van der Waals surface area contributed by atoms with E-state index in [2.05, 4.69) is 30.8 Å². The summed E-state index contributed by atoms with van der Waals surface area (Å²) < 4.78 is 5.16. The summed E-state index contributed by atoms with van der Waals surface area (Å²) >= 11 is 0. The van der Waals surface area contributed by atoms with Gasteiger partial charge in [-0.05, 0) is 24.0 Å². The van der Waals surface area contributed by atoms with Crippen LogP contribution in [-0.4, -0.2) is 12.7 Å². The van der Waals surface area contributed by atoms with Gasteiger partial charge in [-0.3, -0.25) is 0 Å². The van der Waals surface area contributed by atoms with Crippen LogP contribution in [0.2, 0.25) is 0 Å². The molecule has 1 aliphatic rings. The summed E-state index contributed by atoms with van der Waals surface area (Å²) in [6.45, 7) is 4.69. The molecule has 0 spiro atoms. The molecule has 0 aromatic heterocycles. The normalized spacial score (nSPS) is 19.8. The van der Waals surface area contributed by atoms with Crippen LogP contribution in [0.25, 0.3) is 6.08 Å². The minimum Gasteiger partial charge on any atom is -0.373 e. The zero-order valence-electron chi connectivity index (χ0n) is 7.70. The van der Waals surface area contributed by atoms with Crippen LogP contribution in [0.15, 0.2) is 30.8 Å². The molecule has 1 fully saturated rings. The maximum absolute atomic E-state index is 5.16. The summed E-state index contributed by atoms with van der Waals surface area (Å²) in [7, 11) is 0. The Hall–Kier alpha value is -1.08. The van der Waals surface area contributed by atoms with E-state index in [1.807, 2.05) is 6.08 Å². The third-order valence-corrected chi connectivity index (χ3v) is 2.37. The molecular formula is C12H14O. The van der Waals surface area contributed by atoms with E-state index in [1.165, 1.54) is 11.1 Å². The first-order chi connectivity index (χ1) is 6.38. The lowest BCUT2D eigenvalue weighted by atomic mass is 10.1. The SMILES string of the molecule is C=Cc1ccc(CCC2CO2)cc1. The zero-order valence-corrected chi connectivity index (χ0v) is 7.70. The Morgan fingerprint density at radius 1 is 1.38 bits per heavy atom. The first-order valence-electron chi connectivity index (χ1n) is 4.71. The number of rotatable bonds is 4. The van der Waals surface area contributed by atoms with Gasteiger partial charge in [0.25, 0.3) is 0 Å². The van der Waals surface area contributed by atoms with Crippen LogP contribution in [0.5, 0.6) is 0 Å². The predicted octanol–water partition coefficient (Wildman–Crippen LogP) is 2.66. The Bertz CT molecular complexity index is 282. The lowest BCUT2D eigenvalue weighted by Gasteiger charge is -1.99. The first kappa shape index (κ1) is 8.52. The first-order valence-corrected chi connectivity index (χ1v) is 4.71. The molecule has 1 nitrogen and oxygen atoms in total. The standard InChI is InChI=1S/C12H14O/c1-2-10-3-5-11(6-4-10)7-8-12-9-13-12/h2-6,12H,1,7-9H2. The quantitative estimate of drug-likeness (QED) is 0.639. The van der Waals surface area contributed by atoms with Crippen LogP contribution in [-0.2, 0) is 11.2 Å². The van der Waals surface area contributed by atoms with Gasteiger partial charge in [-0.1, -0.05) is 36.9 Å². The third kappa shape index (κ3) is 2.43. The van der Waals surface area contributed by atoms with Crippen LogP contribution >= 0.6 is 0 Å². The van der Waals surface area contributed by atoms with Gasteiger partial charge in [-0.15, -0.1) is 0 Å². The molecule has 13 heavy (non-hydrogen) atoms. The van der Waals surface area contributed by atoms with E-state index in [0.717, 1.165) is 19.4 Å². The molecule has 0 N–H and O–H groups in total. The minimum absolute atomic E-state index is 0.541. The van der Waals surface area contributed by atoms with Crippen molar-refractivity contribution in [2.24, 2.45) is 0 Å². The molecule has 1 saturated heterocycles. The number of hydrogen-bond acceptors (Lipinski definition) is 1. The molecule has 0 aliphatic carbocycles. The van der Waals surface area contributed by atoms with Crippen LogP contribution in [0, 0.1) is 0 Å². The molecule has 1 aromatic rings.